The van der Waals surface area contributed by atoms with Crippen molar-refractivity contribution in [1.29, 1.82) is 5.26 Å². The average Bonchev–Trinajstić information content (AvgIpc) is 2.31. The van der Waals surface area contributed by atoms with E-state index in [1.54, 1.807) is 6.20 Å². The van der Waals surface area contributed by atoms with E-state index in [0.29, 0.717) is 5.82 Å². The molecule has 16 heavy (non-hydrogen) atoms. The Hall–Kier alpha value is -2.21. The molecular formula is C13H11N3. The number of benzene rings is 1. The lowest BCUT2D eigenvalue weighted by Crippen LogP contribution is -1.94. The minimum absolute atomic E-state index is 0.250. The third kappa shape index (κ3) is 2.23. The molecule has 0 aliphatic carbocycles. The predicted molar refractivity (Wildman–Crippen MR) is 61.5 cm³/mol. The lowest BCUT2D eigenvalue weighted by Gasteiger charge is -2.02. The molecule has 0 saturated heterocycles. The molecule has 0 fully saturated rings. The van der Waals surface area contributed by atoms with Gasteiger partial charge in [0.2, 0.25) is 0 Å². The van der Waals surface area contributed by atoms with Crippen molar-refractivity contribution in [3.63, 3.8) is 0 Å². The minimum atomic E-state index is 0.250. The van der Waals surface area contributed by atoms with E-state index in [2.05, 4.69) is 9.97 Å². The van der Waals surface area contributed by atoms with Gasteiger partial charge in [-0.05, 0) is 13.0 Å². The molecule has 78 valence electrons. The highest BCUT2D eigenvalue weighted by Gasteiger charge is 2.01. The summed E-state index contributed by atoms with van der Waals surface area (Å²) in [6.07, 6.45) is 1.94. The van der Waals surface area contributed by atoms with Gasteiger partial charge in [0.25, 0.3) is 0 Å². The average molecular weight is 209 g/mol. The van der Waals surface area contributed by atoms with Crippen molar-refractivity contribution in [1.82, 2.24) is 9.97 Å². The first-order valence-electron chi connectivity index (χ1n) is 5.05. The van der Waals surface area contributed by atoms with Gasteiger partial charge in [0, 0.05) is 11.8 Å². The summed E-state index contributed by atoms with van der Waals surface area (Å²) in [6.45, 7) is 2.05. The zero-order valence-electron chi connectivity index (χ0n) is 9.01. The van der Waals surface area contributed by atoms with Crippen molar-refractivity contribution >= 4 is 0 Å². The molecule has 0 amide bonds. The van der Waals surface area contributed by atoms with E-state index >= 15 is 0 Å². The van der Waals surface area contributed by atoms with Crippen molar-refractivity contribution in [2.75, 3.05) is 0 Å². The van der Waals surface area contributed by atoms with Crippen LogP contribution in [0.1, 0.15) is 11.4 Å². The Labute approximate surface area is 94.4 Å². The van der Waals surface area contributed by atoms with Crippen molar-refractivity contribution in [3.8, 4) is 17.3 Å². The van der Waals surface area contributed by atoms with Gasteiger partial charge in [0.15, 0.2) is 0 Å². The summed E-state index contributed by atoms with van der Waals surface area (Å²) < 4.78 is 0. The molecule has 3 nitrogen and oxygen atoms in total. The molecule has 0 N–H and O–H groups in total. The molecule has 0 spiro atoms. The zero-order chi connectivity index (χ0) is 11.4. The second kappa shape index (κ2) is 4.54. The lowest BCUT2D eigenvalue weighted by molar-refractivity contribution is 0.999. The molecule has 1 aromatic heterocycles. The maximum Gasteiger partial charge on any atom is 0.142 e. The number of aryl methyl sites for hydroxylation is 1. The van der Waals surface area contributed by atoms with Gasteiger partial charge in [0.05, 0.1) is 18.2 Å². The van der Waals surface area contributed by atoms with E-state index < -0.39 is 0 Å². The Morgan fingerprint density at radius 1 is 1.19 bits per heavy atom. The molecule has 2 rings (SSSR count). The SMILES string of the molecule is Cc1ccc(-c2ccnc(CC#N)n2)cc1. The quantitative estimate of drug-likeness (QED) is 0.763. The topological polar surface area (TPSA) is 49.6 Å². The summed E-state index contributed by atoms with van der Waals surface area (Å²) >= 11 is 0. The Morgan fingerprint density at radius 3 is 2.62 bits per heavy atom. The molecule has 0 atom stereocenters. The number of hydrogen-bond donors (Lipinski definition) is 0. The van der Waals surface area contributed by atoms with Gasteiger partial charge in [-0.1, -0.05) is 29.8 Å². The van der Waals surface area contributed by atoms with Crippen molar-refractivity contribution in [2.24, 2.45) is 0 Å². The summed E-state index contributed by atoms with van der Waals surface area (Å²) in [6, 6.07) is 12.0. The van der Waals surface area contributed by atoms with Gasteiger partial charge in [0.1, 0.15) is 5.82 Å². The van der Waals surface area contributed by atoms with Gasteiger partial charge in [-0.25, -0.2) is 9.97 Å². The summed E-state index contributed by atoms with van der Waals surface area (Å²) in [5, 5.41) is 8.59. The van der Waals surface area contributed by atoms with Crippen LogP contribution in [0, 0.1) is 18.3 Å². The number of nitriles is 1. The van der Waals surface area contributed by atoms with Gasteiger partial charge in [-0.15, -0.1) is 0 Å². The van der Waals surface area contributed by atoms with Crippen molar-refractivity contribution in [3.05, 3.63) is 47.9 Å². The largest absolute Gasteiger partial charge is 0.240 e. The van der Waals surface area contributed by atoms with E-state index in [4.69, 9.17) is 5.26 Å². The van der Waals surface area contributed by atoms with Gasteiger partial charge in [-0.2, -0.15) is 5.26 Å². The molecule has 0 bridgehead atoms. The van der Waals surface area contributed by atoms with Gasteiger partial charge >= 0.3 is 0 Å². The van der Waals surface area contributed by atoms with E-state index in [0.717, 1.165) is 11.3 Å². The van der Waals surface area contributed by atoms with Crippen LogP contribution in [0.3, 0.4) is 0 Å². The summed E-state index contributed by atoms with van der Waals surface area (Å²) in [7, 11) is 0. The Bertz CT molecular complexity index is 524. The van der Waals surface area contributed by atoms with Crippen LogP contribution >= 0.6 is 0 Å². The fourth-order valence-corrected chi connectivity index (χ4v) is 1.44. The van der Waals surface area contributed by atoms with Crippen LogP contribution in [0.2, 0.25) is 0 Å². The first-order valence-corrected chi connectivity index (χ1v) is 5.05. The molecule has 2 aromatic rings. The van der Waals surface area contributed by atoms with E-state index in [1.807, 2.05) is 43.3 Å². The monoisotopic (exact) mass is 209 g/mol. The van der Waals surface area contributed by atoms with Crippen LogP contribution in [0.5, 0.6) is 0 Å². The predicted octanol–water partition coefficient (Wildman–Crippen LogP) is 2.52. The Balaban J connectivity index is 2.37. The fourth-order valence-electron chi connectivity index (χ4n) is 1.44. The third-order valence-corrected chi connectivity index (χ3v) is 2.29. The lowest BCUT2D eigenvalue weighted by atomic mass is 10.1. The van der Waals surface area contributed by atoms with Crippen molar-refractivity contribution < 1.29 is 0 Å². The maximum atomic E-state index is 8.59. The number of rotatable bonds is 2. The summed E-state index contributed by atoms with van der Waals surface area (Å²) in [5.41, 5.74) is 3.13. The van der Waals surface area contributed by atoms with E-state index in [9.17, 15) is 0 Å². The third-order valence-electron chi connectivity index (χ3n) is 2.29. The molecule has 1 heterocycles. The van der Waals surface area contributed by atoms with Crippen LogP contribution in [-0.4, -0.2) is 9.97 Å². The van der Waals surface area contributed by atoms with Gasteiger partial charge < -0.3 is 0 Å². The van der Waals surface area contributed by atoms with Gasteiger partial charge in [-0.3, -0.25) is 0 Å². The molecular weight excluding hydrogens is 198 g/mol. The molecule has 0 aliphatic rings. The molecule has 1 aromatic carbocycles. The first kappa shape index (κ1) is 10.3. The molecule has 0 aliphatic heterocycles. The highest BCUT2D eigenvalue weighted by molar-refractivity contribution is 5.58. The number of nitrogens with zero attached hydrogens (tertiary/aromatic N) is 3. The van der Waals surface area contributed by atoms with E-state index in [-0.39, 0.29) is 6.42 Å². The standard InChI is InChI=1S/C13H11N3/c1-10-2-4-11(5-3-10)12-7-9-15-13(16-12)6-8-14/h2-5,7,9H,6H2,1H3. The highest BCUT2D eigenvalue weighted by Crippen LogP contribution is 2.16. The van der Waals surface area contributed by atoms with Crippen LogP contribution < -0.4 is 0 Å². The van der Waals surface area contributed by atoms with Crippen LogP contribution in [0.4, 0.5) is 0 Å². The number of hydrogen-bond acceptors (Lipinski definition) is 3. The number of aromatic nitrogens is 2. The first-order chi connectivity index (χ1) is 7.79. The molecule has 0 radical (unpaired) electrons. The minimum Gasteiger partial charge on any atom is -0.240 e. The normalized spacial score (nSPS) is 9.75. The second-order valence-electron chi connectivity index (χ2n) is 3.56. The van der Waals surface area contributed by atoms with Crippen molar-refractivity contribution in [2.45, 2.75) is 13.3 Å². The molecule has 0 saturated carbocycles. The Kier molecular flexibility index (Phi) is 2.93. The molecule has 3 heteroatoms. The smallest absolute Gasteiger partial charge is 0.142 e. The second-order valence-corrected chi connectivity index (χ2v) is 3.56. The Morgan fingerprint density at radius 2 is 1.94 bits per heavy atom. The maximum absolute atomic E-state index is 8.59. The molecule has 0 unspecified atom stereocenters. The summed E-state index contributed by atoms with van der Waals surface area (Å²) in [5.74, 6) is 0.570. The summed E-state index contributed by atoms with van der Waals surface area (Å²) in [4.78, 5) is 8.37. The fraction of sp³-hybridized carbons (Fsp3) is 0.154. The van der Waals surface area contributed by atoms with Crippen LogP contribution in [0.25, 0.3) is 11.3 Å². The van der Waals surface area contributed by atoms with Crippen LogP contribution in [0.15, 0.2) is 36.5 Å². The van der Waals surface area contributed by atoms with E-state index in [1.165, 1.54) is 5.56 Å². The van der Waals surface area contributed by atoms with Crippen LogP contribution in [-0.2, 0) is 6.42 Å². The zero-order valence-corrected chi connectivity index (χ0v) is 9.01. The highest BCUT2D eigenvalue weighted by atomic mass is 14.9.